The second-order valence-corrected chi connectivity index (χ2v) is 3.83. The molecule has 0 unspecified atom stereocenters. The number of amides is 1. The number of carbonyl (C=O) groups is 1. The number of rotatable bonds is 5. The van der Waals surface area contributed by atoms with Crippen molar-refractivity contribution in [2.24, 2.45) is 0 Å². The highest BCUT2D eigenvalue weighted by Gasteiger charge is 2.16. The number of carbonyl (C=O) groups excluding carboxylic acids is 1. The lowest BCUT2D eigenvalue weighted by atomic mass is 10.4. The molecule has 2 aromatic rings. The van der Waals surface area contributed by atoms with E-state index in [0.29, 0.717) is 6.54 Å². The Bertz CT molecular complexity index is 655. The van der Waals surface area contributed by atoms with Gasteiger partial charge >= 0.3 is 5.69 Å². The van der Waals surface area contributed by atoms with Crippen LogP contribution in [0.4, 0.5) is 4.39 Å². The summed E-state index contributed by atoms with van der Waals surface area (Å²) in [6.45, 7) is 1.52. The van der Waals surface area contributed by atoms with Gasteiger partial charge in [0.15, 0.2) is 11.3 Å². The minimum Gasteiger partial charge on any atom is -0.351 e. The van der Waals surface area contributed by atoms with Gasteiger partial charge in [0.1, 0.15) is 13.0 Å². The standard InChI is InChI=1S/C10H13FN6O2.H2/c1-2-4-12-9(18)7-8-14-15-17(5-3-11)10(19)16(8)6-13-7;/h6H,2-5H2,1H3,(H,12,18);1H. The normalized spacial score (nSPS) is 10.8. The molecule has 9 heteroatoms. The third-order valence-corrected chi connectivity index (χ3v) is 2.46. The summed E-state index contributed by atoms with van der Waals surface area (Å²) < 4.78 is 14.2. The second-order valence-electron chi connectivity index (χ2n) is 3.83. The van der Waals surface area contributed by atoms with Gasteiger partial charge in [-0.2, -0.15) is 4.68 Å². The van der Waals surface area contributed by atoms with Crippen LogP contribution in [0.5, 0.6) is 0 Å². The van der Waals surface area contributed by atoms with Crippen molar-refractivity contribution in [2.75, 3.05) is 13.2 Å². The summed E-state index contributed by atoms with van der Waals surface area (Å²) in [6.07, 6.45) is 1.97. The van der Waals surface area contributed by atoms with E-state index >= 15 is 0 Å². The van der Waals surface area contributed by atoms with Crippen LogP contribution in [-0.2, 0) is 6.54 Å². The zero-order chi connectivity index (χ0) is 13.8. The number of imidazole rings is 1. The number of aryl methyl sites for hydroxylation is 1. The molecule has 0 aliphatic carbocycles. The van der Waals surface area contributed by atoms with E-state index in [2.05, 4.69) is 20.6 Å². The van der Waals surface area contributed by atoms with E-state index in [0.717, 1.165) is 15.5 Å². The van der Waals surface area contributed by atoms with Crippen molar-refractivity contribution in [1.82, 2.24) is 29.7 Å². The number of aromatic nitrogens is 5. The Kier molecular flexibility index (Phi) is 3.83. The van der Waals surface area contributed by atoms with Gasteiger partial charge < -0.3 is 5.32 Å². The number of halogens is 1. The molecule has 0 saturated heterocycles. The number of nitrogens with one attached hydrogen (secondary N) is 1. The molecule has 0 aromatic carbocycles. The highest BCUT2D eigenvalue weighted by Crippen LogP contribution is 2.02. The molecule has 2 rings (SSSR count). The van der Waals surface area contributed by atoms with Crippen LogP contribution in [0.25, 0.3) is 5.65 Å². The van der Waals surface area contributed by atoms with Crippen LogP contribution >= 0.6 is 0 Å². The Morgan fingerprint density at radius 3 is 3.05 bits per heavy atom. The first-order chi connectivity index (χ1) is 9.19. The first-order valence-corrected chi connectivity index (χ1v) is 5.84. The maximum atomic E-state index is 12.2. The summed E-state index contributed by atoms with van der Waals surface area (Å²) in [5.41, 5.74) is -0.483. The van der Waals surface area contributed by atoms with Gasteiger partial charge in [0, 0.05) is 7.97 Å². The molecule has 0 atom stereocenters. The van der Waals surface area contributed by atoms with E-state index in [1.807, 2.05) is 6.92 Å². The maximum absolute atomic E-state index is 12.2. The lowest BCUT2D eigenvalue weighted by Crippen LogP contribution is -2.31. The van der Waals surface area contributed by atoms with Gasteiger partial charge in [0.05, 0.1) is 6.54 Å². The molecule has 0 radical (unpaired) electrons. The summed E-state index contributed by atoms with van der Waals surface area (Å²) in [7, 11) is 0. The Balaban J connectivity index is 0.00000200. The van der Waals surface area contributed by atoms with Crippen LogP contribution in [-0.4, -0.2) is 43.5 Å². The van der Waals surface area contributed by atoms with Crippen molar-refractivity contribution in [3.05, 3.63) is 22.5 Å². The lowest BCUT2D eigenvalue weighted by molar-refractivity contribution is 0.0950. The molecule has 1 amide bonds. The molecule has 8 nitrogen and oxygen atoms in total. The van der Waals surface area contributed by atoms with Crippen LogP contribution < -0.4 is 11.0 Å². The summed E-state index contributed by atoms with van der Waals surface area (Å²) in [4.78, 5) is 27.5. The van der Waals surface area contributed by atoms with Gasteiger partial charge in [0.25, 0.3) is 5.91 Å². The molecule has 0 bridgehead atoms. The molecule has 2 heterocycles. The molecular weight excluding hydrogens is 255 g/mol. The van der Waals surface area contributed by atoms with E-state index in [-0.39, 0.29) is 19.3 Å². The topological polar surface area (TPSA) is 94.2 Å². The van der Waals surface area contributed by atoms with Crippen LogP contribution in [0, 0.1) is 0 Å². The largest absolute Gasteiger partial charge is 0.353 e. The molecule has 0 aliphatic rings. The third-order valence-electron chi connectivity index (χ3n) is 2.46. The van der Waals surface area contributed by atoms with Crippen molar-refractivity contribution >= 4 is 11.6 Å². The minimum absolute atomic E-state index is 0. The summed E-state index contributed by atoms with van der Waals surface area (Å²) in [5.74, 6) is -0.415. The van der Waals surface area contributed by atoms with E-state index in [1.54, 1.807) is 0 Å². The Hall–Kier alpha value is -2.32. The number of hydrogen-bond donors (Lipinski definition) is 1. The fourth-order valence-electron chi connectivity index (χ4n) is 1.54. The zero-order valence-corrected chi connectivity index (χ0v) is 10.3. The average molecular weight is 270 g/mol. The molecule has 104 valence electrons. The Labute approximate surface area is 108 Å². The van der Waals surface area contributed by atoms with Crippen molar-refractivity contribution in [1.29, 1.82) is 0 Å². The Morgan fingerprint density at radius 1 is 1.58 bits per heavy atom. The summed E-state index contributed by atoms with van der Waals surface area (Å²) in [6, 6.07) is 0. The van der Waals surface area contributed by atoms with Gasteiger partial charge in [0.2, 0.25) is 0 Å². The van der Waals surface area contributed by atoms with Gasteiger partial charge in [-0.1, -0.05) is 12.1 Å². The molecule has 1 N–H and O–H groups in total. The second kappa shape index (κ2) is 5.55. The van der Waals surface area contributed by atoms with Crippen molar-refractivity contribution in [2.45, 2.75) is 19.9 Å². The van der Waals surface area contributed by atoms with E-state index in [4.69, 9.17) is 0 Å². The van der Waals surface area contributed by atoms with Gasteiger partial charge in [-0.05, 0) is 6.42 Å². The fourth-order valence-corrected chi connectivity index (χ4v) is 1.54. The van der Waals surface area contributed by atoms with Gasteiger partial charge in [-0.25, -0.2) is 18.6 Å². The van der Waals surface area contributed by atoms with Crippen molar-refractivity contribution in [3.63, 3.8) is 0 Å². The molecule has 0 aliphatic heterocycles. The monoisotopic (exact) mass is 270 g/mol. The number of hydrogen-bond acceptors (Lipinski definition) is 5. The third kappa shape index (κ3) is 2.44. The number of nitrogens with zero attached hydrogens (tertiary/aromatic N) is 5. The first kappa shape index (κ1) is 13.1. The van der Waals surface area contributed by atoms with Gasteiger partial charge in [-0.3, -0.25) is 4.79 Å². The fraction of sp³-hybridized carbons (Fsp3) is 0.500. The molecule has 0 fully saturated rings. The molecular formula is C10H15FN6O2. The van der Waals surface area contributed by atoms with Crippen LogP contribution in [0.3, 0.4) is 0 Å². The predicted molar refractivity (Wildman–Crippen MR) is 65.8 cm³/mol. The lowest BCUT2D eigenvalue weighted by Gasteiger charge is -2.02. The van der Waals surface area contributed by atoms with Crippen LogP contribution in [0.15, 0.2) is 11.1 Å². The quantitative estimate of drug-likeness (QED) is 0.800. The predicted octanol–water partition coefficient (Wildman–Crippen LogP) is -0.359. The van der Waals surface area contributed by atoms with E-state index in [1.165, 1.54) is 6.33 Å². The highest BCUT2D eigenvalue weighted by atomic mass is 19.1. The molecule has 0 spiro atoms. The van der Waals surface area contributed by atoms with E-state index in [9.17, 15) is 14.0 Å². The van der Waals surface area contributed by atoms with Crippen molar-refractivity contribution in [3.8, 4) is 0 Å². The molecule has 0 saturated carbocycles. The Morgan fingerprint density at radius 2 is 2.37 bits per heavy atom. The molecule has 19 heavy (non-hydrogen) atoms. The summed E-state index contributed by atoms with van der Waals surface area (Å²) >= 11 is 0. The zero-order valence-electron chi connectivity index (χ0n) is 10.3. The van der Waals surface area contributed by atoms with Crippen molar-refractivity contribution < 1.29 is 10.6 Å². The SMILES string of the molecule is CCCNC(=O)c1ncn2c(=O)n(CCF)nnc12.[HH]. The average Bonchev–Trinajstić information content (AvgIpc) is 2.84. The van der Waals surface area contributed by atoms with Crippen LogP contribution in [0.2, 0.25) is 0 Å². The number of fused-ring (bicyclic) bond motifs is 1. The molecule has 2 aromatic heterocycles. The smallest absolute Gasteiger partial charge is 0.351 e. The van der Waals surface area contributed by atoms with Gasteiger partial charge in [-0.15, -0.1) is 5.10 Å². The minimum atomic E-state index is -0.724. The maximum Gasteiger partial charge on any atom is 0.353 e. The van der Waals surface area contributed by atoms with Crippen LogP contribution in [0.1, 0.15) is 25.3 Å². The highest BCUT2D eigenvalue weighted by molar-refractivity contribution is 5.97. The number of alkyl halides is 1. The summed E-state index contributed by atoms with van der Waals surface area (Å²) in [5, 5.41) is 9.94. The first-order valence-electron chi connectivity index (χ1n) is 5.84. The van der Waals surface area contributed by atoms with E-state index < -0.39 is 18.3 Å².